The quantitative estimate of drug-likeness (QED) is 0.603. The first-order chi connectivity index (χ1) is 5.08. The second-order valence-electron chi connectivity index (χ2n) is 3.23. The van der Waals surface area contributed by atoms with Crippen molar-refractivity contribution in [2.75, 3.05) is 19.0 Å². The summed E-state index contributed by atoms with van der Waals surface area (Å²) in [4.78, 5) is 0. The van der Waals surface area contributed by atoms with Gasteiger partial charge in [0.2, 0.25) is 9.05 Å². The van der Waals surface area contributed by atoms with E-state index in [0.29, 0.717) is 11.8 Å². The highest BCUT2D eigenvalue weighted by molar-refractivity contribution is 8.13. The molecular weight excluding hydrogens is 188 g/mol. The van der Waals surface area contributed by atoms with Crippen molar-refractivity contribution in [1.82, 2.24) is 0 Å². The Labute approximate surface area is 70.1 Å². The Morgan fingerprint density at radius 3 is 2.36 bits per heavy atom. The molecule has 3 nitrogen and oxygen atoms in total. The van der Waals surface area contributed by atoms with E-state index < -0.39 is 9.05 Å². The van der Waals surface area contributed by atoms with E-state index in [-0.39, 0.29) is 11.7 Å². The minimum atomic E-state index is -3.29. The smallest absolute Gasteiger partial charge is 0.232 e. The van der Waals surface area contributed by atoms with Crippen LogP contribution in [0.3, 0.4) is 0 Å². The zero-order valence-corrected chi connectivity index (χ0v) is 7.44. The molecule has 1 aliphatic carbocycles. The van der Waals surface area contributed by atoms with Gasteiger partial charge in [-0.1, -0.05) is 0 Å². The molecule has 0 aromatic heterocycles. The van der Waals surface area contributed by atoms with Gasteiger partial charge in [-0.15, -0.1) is 0 Å². The Kier molecular flexibility index (Phi) is 1.67. The first kappa shape index (κ1) is 7.83. The van der Waals surface area contributed by atoms with E-state index >= 15 is 0 Å². The predicted molar refractivity (Wildman–Crippen MR) is 40.9 cm³/mol. The predicted octanol–water partition coefficient (Wildman–Crippen LogP) is 0.447. The highest BCUT2D eigenvalue weighted by Crippen LogP contribution is 2.51. The zero-order chi connectivity index (χ0) is 8.06. The second-order valence-corrected chi connectivity index (χ2v) is 6.06. The van der Waals surface area contributed by atoms with Gasteiger partial charge in [0, 0.05) is 10.7 Å². The molecule has 1 aliphatic heterocycles. The summed E-state index contributed by atoms with van der Waals surface area (Å²) >= 11 is 0. The van der Waals surface area contributed by atoms with Crippen molar-refractivity contribution in [3.63, 3.8) is 0 Å². The normalized spacial score (nSPS) is 42.1. The molecule has 0 N–H and O–H groups in total. The molecule has 1 saturated heterocycles. The van der Waals surface area contributed by atoms with Crippen molar-refractivity contribution in [3.05, 3.63) is 0 Å². The molecule has 11 heavy (non-hydrogen) atoms. The molecule has 0 aromatic carbocycles. The van der Waals surface area contributed by atoms with E-state index in [2.05, 4.69) is 0 Å². The lowest BCUT2D eigenvalue weighted by molar-refractivity contribution is 0.154. The lowest BCUT2D eigenvalue weighted by atomic mass is 10.3. The summed E-state index contributed by atoms with van der Waals surface area (Å²) in [5.74, 6) is 1.37. The highest BCUT2D eigenvalue weighted by Gasteiger charge is 2.55. The molecule has 2 atom stereocenters. The monoisotopic (exact) mass is 196 g/mol. The molecule has 0 bridgehead atoms. The molecule has 2 rings (SSSR count). The van der Waals surface area contributed by atoms with Crippen LogP contribution in [0.4, 0.5) is 0 Å². The van der Waals surface area contributed by atoms with Crippen LogP contribution in [-0.4, -0.2) is 27.4 Å². The van der Waals surface area contributed by atoms with Gasteiger partial charge in [0.25, 0.3) is 0 Å². The number of hydrogen-bond donors (Lipinski definition) is 0. The van der Waals surface area contributed by atoms with Gasteiger partial charge in [0.15, 0.2) is 0 Å². The van der Waals surface area contributed by atoms with Crippen LogP contribution in [0.25, 0.3) is 0 Å². The first-order valence-corrected chi connectivity index (χ1v) is 6.06. The number of hydrogen-bond acceptors (Lipinski definition) is 3. The van der Waals surface area contributed by atoms with Crippen molar-refractivity contribution in [2.24, 2.45) is 17.8 Å². The maximum Gasteiger partial charge on any atom is 0.232 e. The van der Waals surface area contributed by atoms with Gasteiger partial charge in [-0.2, -0.15) is 0 Å². The van der Waals surface area contributed by atoms with Crippen molar-refractivity contribution in [2.45, 2.75) is 0 Å². The molecule has 1 saturated carbocycles. The molecule has 0 spiro atoms. The van der Waals surface area contributed by atoms with Crippen LogP contribution in [0.2, 0.25) is 0 Å². The molecule has 1 heterocycles. The van der Waals surface area contributed by atoms with Gasteiger partial charge < -0.3 is 4.74 Å². The van der Waals surface area contributed by atoms with E-state index in [4.69, 9.17) is 15.4 Å². The summed E-state index contributed by atoms with van der Waals surface area (Å²) in [7, 11) is 1.82. The average molecular weight is 197 g/mol. The van der Waals surface area contributed by atoms with Crippen molar-refractivity contribution in [3.8, 4) is 0 Å². The van der Waals surface area contributed by atoms with E-state index in [1.54, 1.807) is 0 Å². The van der Waals surface area contributed by atoms with Gasteiger partial charge >= 0.3 is 0 Å². The van der Waals surface area contributed by atoms with E-state index in [0.717, 1.165) is 13.2 Å². The largest absolute Gasteiger partial charge is 0.381 e. The van der Waals surface area contributed by atoms with Gasteiger partial charge in [-0.3, -0.25) is 0 Å². The molecule has 5 heteroatoms. The average Bonchev–Trinajstić information content (AvgIpc) is 2.39. The van der Waals surface area contributed by atoms with Crippen molar-refractivity contribution in [1.29, 1.82) is 0 Å². The number of rotatable bonds is 2. The Bertz CT molecular complexity index is 251. The molecular formula is C6H9ClO3S. The first-order valence-electron chi connectivity index (χ1n) is 3.58. The van der Waals surface area contributed by atoms with Crippen LogP contribution in [0.15, 0.2) is 0 Å². The number of ether oxygens (including phenoxy) is 1. The Balaban J connectivity index is 1.93. The van der Waals surface area contributed by atoms with Gasteiger partial charge in [0.05, 0.1) is 19.0 Å². The SMILES string of the molecule is O=S(=O)(Cl)CC1C2COCC21. The molecule has 2 aliphatic rings. The minimum absolute atomic E-state index is 0.132. The van der Waals surface area contributed by atoms with E-state index in [1.165, 1.54) is 0 Å². The fourth-order valence-corrected chi connectivity index (χ4v) is 3.23. The maximum absolute atomic E-state index is 10.6. The van der Waals surface area contributed by atoms with Crippen LogP contribution >= 0.6 is 10.7 Å². The second kappa shape index (κ2) is 2.34. The van der Waals surface area contributed by atoms with Crippen LogP contribution in [-0.2, 0) is 13.8 Å². The van der Waals surface area contributed by atoms with Gasteiger partial charge in [-0.05, 0) is 17.8 Å². The molecule has 0 radical (unpaired) electrons. The number of fused-ring (bicyclic) bond motifs is 1. The summed E-state index contributed by atoms with van der Waals surface area (Å²) in [5.41, 5.74) is 0. The third-order valence-corrected chi connectivity index (χ3v) is 3.68. The molecule has 0 amide bonds. The van der Waals surface area contributed by atoms with Gasteiger partial charge in [0.1, 0.15) is 0 Å². The van der Waals surface area contributed by atoms with Crippen LogP contribution in [0, 0.1) is 17.8 Å². The fraction of sp³-hybridized carbons (Fsp3) is 1.00. The molecule has 2 fully saturated rings. The third-order valence-electron chi connectivity index (χ3n) is 2.52. The molecule has 64 valence electrons. The summed E-state index contributed by atoms with van der Waals surface area (Å²) in [5, 5.41) is 0. The summed E-state index contributed by atoms with van der Waals surface area (Å²) < 4.78 is 26.4. The standard InChI is InChI=1S/C6H9ClO3S/c7-11(8,9)3-6-4-1-10-2-5(4)6/h4-6H,1-3H2. The summed E-state index contributed by atoms with van der Waals surface area (Å²) in [6.07, 6.45) is 0. The molecule has 2 unspecified atom stereocenters. The van der Waals surface area contributed by atoms with Crippen LogP contribution in [0.5, 0.6) is 0 Å². The Morgan fingerprint density at radius 1 is 1.36 bits per heavy atom. The topological polar surface area (TPSA) is 43.4 Å². The van der Waals surface area contributed by atoms with Crippen molar-refractivity contribution >= 4 is 19.7 Å². The van der Waals surface area contributed by atoms with Crippen LogP contribution in [0.1, 0.15) is 0 Å². The Hall–Kier alpha value is 0.200. The summed E-state index contributed by atoms with van der Waals surface area (Å²) in [6.45, 7) is 1.45. The van der Waals surface area contributed by atoms with Gasteiger partial charge in [-0.25, -0.2) is 8.42 Å². The van der Waals surface area contributed by atoms with Crippen molar-refractivity contribution < 1.29 is 13.2 Å². The lowest BCUT2D eigenvalue weighted by Gasteiger charge is -1.99. The zero-order valence-electron chi connectivity index (χ0n) is 5.86. The maximum atomic E-state index is 10.6. The highest BCUT2D eigenvalue weighted by atomic mass is 35.7. The third kappa shape index (κ3) is 1.53. The summed E-state index contributed by atoms with van der Waals surface area (Å²) in [6, 6.07) is 0. The Morgan fingerprint density at radius 2 is 1.91 bits per heavy atom. The number of halogens is 1. The minimum Gasteiger partial charge on any atom is -0.381 e. The van der Waals surface area contributed by atoms with E-state index in [1.807, 2.05) is 0 Å². The van der Waals surface area contributed by atoms with Crippen LogP contribution < -0.4 is 0 Å². The fourth-order valence-electron chi connectivity index (χ4n) is 1.84. The van der Waals surface area contributed by atoms with E-state index in [9.17, 15) is 8.42 Å². The lowest BCUT2D eigenvalue weighted by Crippen LogP contribution is -2.07. The molecule has 0 aromatic rings.